The molecule has 0 radical (unpaired) electrons. The number of hydrogen-bond donors (Lipinski definition) is 1. The Kier molecular flexibility index (Phi) is 4.63. The van der Waals surface area contributed by atoms with Crippen molar-refractivity contribution >= 4 is 6.03 Å². The van der Waals surface area contributed by atoms with E-state index in [9.17, 15) is 4.79 Å². The van der Waals surface area contributed by atoms with E-state index in [4.69, 9.17) is 0 Å². The lowest BCUT2D eigenvalue weighted by molar-refractivity contribution is 0.102. The van der Waals surface area contributed by atoms with Crippen LogP contribution in [0.5, 0.6) is 0 Å². The lowest BCUT2D eigenvalue weighted by Gasteiger charge is -2.41. The molecule has 2 fully saturated rings. The molecule has 1 saturated heterocycles. The van der Waals surface area contributed by atoms with Crippen LogP contribution in [-0.2, 0) is 6.54 Å². The molecule has 0 bridgehead atoms. The van der Waals surface area contributed by atoms with Gasteiger partial charge >= 0.3 is 6.03 Å². The van der Waals surface area contributed by atoms with E-state index in [2.05, 4.69) is 20.4 Å². The van der Waals surface area contributed by atoms with Gasteiger partial charge in [0.05, 0.1) is 0 Å². The standard InChI is InChI=1S/C18H24N6O/c25-18(23-8-7-15-3-1-2-4-16(15)11-23)21-10-14-5-6-17(20-9-14)24-13-19-12-22-24/h5-6,9,12-13,15-16H,1-4,7-8,10-11H2,(H,21,25)/t15-,16+/m1/s1. The number of aromatic nitrogens is 4. The molecule has 1 N–H and O–H groups in total. The van der Waals surface area contributed by atoms with E-state index >= 15 is 0 Å². The summed E-state index contributed by atoms with van der Waals surface area (Å²) in [7, 11) is 0. The summed E-state index contributed by atoms with van der Waals surface area (Å²) < 4.78 is 1.61. The summed E-state index contributed by atoms with van der Waals surface area (Å²) in [5.74, 6) is 2.26. The van der Waals surface area contributed by atoms with Crippen LogP contribution >= 0.6 is 0 Å². The molecule has 7 heteroatoms. The normalized spacial score (nSPS) is 23.1. The molecule has 2 aromatic heterocycles. The molecule has 2 aliphatic rings. The number of hydrogen-bond acceptors (Lipinski definition) is 4. The van der Waals surface area contributed by atoms with E-state index in [1.807, 2.05) is 17.0 Å². The molecule has 4 rings (SSSR count). The third-order valence-electron chi connectivity index (χ3n) is 5.48. The summed E-state index contributed by atoms with van der Waals surface area (Å²) in [6.07, 6.45) is 11.3. The summed E-state index contributed by atoms with van der Waals surface area (Å²) in [4.78, 5) is 22.7. The molecule has 132 valence electrons. The van der Waals surface area contributed by atoms with Crippen LogP contribution in [0.2, 0.25) is 0 Å². The number of amides is 2. The molecule has 0 spiro atoms. The Morgan fingerprint density at radius 1 is 1.20 bits per heavy atom. The van der Waals surface area contributed by atoms with E-state index in [0.29, 0.717) is 18.3 Å². The van der Waals surface area contributed by atoms with Crippen LogP contribution in [0.4, 0.5) is 4.79 Å². The van der Waals surface area contributed by atoms with Gasteiger partial charge in [0, 0.05) is 25.8 Å². The monoisotopic (exact) mass is 340 g/mol. The predicted molar refractivity (Wildman–Crippen MR) is 93.0 cm³/mol. The number of piperidine rings is 1. The van der Waals surface area contributed by atoms with Crippen molar-refractivity contribution in [2.45, 2.75) is 38.6 Å². The van der Waals surface area contributed by atoms with Crippen LogP contribution in [0.15, 0.2) is 31.0 Å². The summed E-state index contributed by atoms with van der Waals surface area (Å²) in [5.41, 5.74) is 0.977. The Bertz CT molecular complexity index is 699. The molecule has 2 atom stereocenters. The van der Waals surface area contributed by atoms with Gasteiger partial charge in [-0.2, -0.15) is 5.10 Å². The number of rotatable bonds is 3. The van der Waals surface area contributed by atoms with E-state index < -0.39 is 0 Å². The first-order chi connectivity index (χ1) is 12.3. The Hall–Kier alpha value is -2.44. The first-order valence-electron chi connectivity index (χ1n) is 9.12. The maximum Gasteiger partial charge on any atom is 0.317 e. The first-order valence-corrected chi connectivity index (χ1v) is 9.12. The smallest absolute Gasteiger partial charge is 0.317 e. The van der Waals surface area contributed by atoms with E-state index in [0.717, 1.165) is 31.0 Å². The SMILES string of the molecule is O=C(NCc1ccc(-n2cncn2)nc1)N1CC[C@H]2CCCC[C@H]2C1. The van der Waals surface area contributed by atoms with E-state index in [1.165, 1.54) is 32.0 Å². The van der Waals surface area contributed by atoms with Gasteiger partial charge in [-0.3, -0.25) is 0 Å². The van der Waals surface area contributed by atoms with Gasteiger partial charge in [0.2, 0.25) is 0 Å². The second-order valence-corrected chi connectivity index (χ2v) is 7.06. The van der Waals surface area contributed by atoms with Gasteiger partial charge in [0.25, 0.3) is 0 Å². The minimum Gasteiger partial charge on any atom is -0.334 e. The lowest BCUT2D eigenvalue weighted by Crippen LogP contribution is -2.48. The van der Waals surface area contributed by atoms with Gasteiger partial charge in [-0.25, -0.2) is 19.4 Å². The zero-order chi connectivity index (χ0) is 17.1. The summed E-state index contributed by atoms with van der Waals surface area (Å²) in [5, 5.41) is 7.08. The number of carbonyl (C=O) groups is 1. The fourth-order valence-electron chi connectivity index (χ4n) is 4.06. The van der Waals surface area contributed by atoms with Crippen LogP contribution in [0.3, 0.4) is 0 Å². The quantitative estimate of drug-likeness (QED) is 0.931. The topological polar surface area (TPSA) is 75.9 Å². The lowest BCUT2D eigenvalue weighted by atomic mass is 9.75. The Labute approximate surface area is 147 Å². The van der Waals surface area contributed by atoms with E-state index in [-0.39, 0.29) is 6.03 Å². The fourth-order valence-corrected chi connectivity index (χ4v) is 4.06. The van der Waals surface area contributed by atoms with Gasteiger partial charge in [0.1, 0.15) is 12.7 Å². The molecular weight excluding hydrogens is 316 g/mol. The minimum absolute atomic E-state index is 0.0457. The highest BCUT2D eigenvalue weighted by Gasteiger charge is 2.32. The first kappa shape index (κ1) is 16.1. The van der Waals surface area contributed by atoms with Gasteiger partial charge in [-0.05, 0) is 36.3 Å². The average Bonchev–Trinajstić information content (AvgIpc) is 3.21. The van der Waals surface area contributed by atoms with Crippen LogP contribution in [0, 0.1) is 11.8 Å². The van der Waals surface area contributed by atoms with Crippen LogP contribution < -0.4 is 5.32 Å². The van der Waals surface area contributed by atoms with Crippen LogP contribution in [0.25, 0.3) is 5.82 Å². The second kappa shape index (κ2) is 7.21. The molecule has 2 amide bonds. The van der Waals surface area contributed by atoms with Crippen LogP contribution in [-0.4, -0.2) is 43.8 Å². The molecule has 25 heavy (non-hydrogen) atoms. The molecule has 1 aliphatic heterocycles. The highest BCUT2D eigenvalue weighted by atomic mass is 16.2. The zero-order valence-corrected chi connectivity index (χ0v) is 14.3. The predicted octanol–water partition coefficient (Wildman–Crippen LogP) is 2.38. The number of pyridine rings is 1. The fraction of sp³-hybridized carbons (Fsp3) is 0.556. The van der Waals surface area contributed by atoms with Crippen molar-refractivity contribution in [3.05, 3.63) is 36.5 Å². The average molecular weight is 340 g/mol. The number of nitrogens with one attached hydrogen (secondary N) is 1. The van der Waals surface area contributed by atoms with Crippen LogP contribution in [0.1, 0.15) is 37.7 Å². The van der Waals surface area contributed by atoms with Gasteiger partial charge in [-0.15, -0.1) is 0 Å². The van der Waals surface area contributed by atoms with Crippen molar-refractivity contribution in [2.24, 2.45) is 11.8 Å². The Balaban J connectivity index is 1.30. The third kappa shape index (κ3) is 3.65. The summed E-state index contributed by atoms with van der Waals surface area (Å²) in [6, 6.07) is 3.88. The molecule has 1 aliphatic carbocycles. The highest BCUT2D eigenvalue weighted by molar-refractivity contribution is 5.74. The molecule has 2 aromatic rings. The molecule has 0 aromatic carbocycles. The van der Waals surface area contributed by atoms with Gasteiger partial charge in [0.15, 0.2) is 5.82 Å². The van der Waals surface area contributed by atoms with E-state index in [1.54, 1.807) is 17.2 Å². The zero-order valence-electron chi connectivity index (χ0n) is 14.3. The van der Waals surface area contributed by atoms with Crippen molar-refractivity contribution < 1.29 is 4.79 Å². The molecule has 3 heterocycles. The second-order valence-electron chi connectivity index (χ2n) is 7.06. The maximum atomic E-state index is 12.5. The number of carbonyl (C=O) groups excluding carboxylic acids is 1. The van der Waals surface area contributed by atoms with Crippen molar-refractivity contribution in [3.63, 3.8) is 0 Å². The van der Waals surface area contributed by atoms with Gasteiger partial charge < -0.3 is 10.2 Å². The molecular formula is C18H24N6O. The van der Waals surface area contributed by atoms with Gasteiger partial charge in [-0.1, -0.05) is 25.3 Å². The molecule has 0 unspecified atom stereocenters. The highest BCUT2D eigenvalue weighted by Crippen LogP contribution is 2.35. The number of fused-ring (bicyclic) bond motifs is 1. The molecule has 7 nitrogen and oxygen atoms in total. The van der Waals surface area contributed by atoms with Crippen molar-refractivity contribution in [2.75, 3.05) is 13.1 Å². The number of urea groups is 1. The minimum atomic E-state index is 0.0457. The largest absolute Gasteiger partial charge is 0.334 e. The summed E-state index contributed by atoms with van der Waals surface area (Å²) >= 11 is 0. The third-order valence-corrected chi connectivity index (χ3v) is 5.48. The van der Waals surface area contributed by atoms with Crippen molar-refractivity contribution in [3.8, 4) is 5.82 Å². The summed E-state index contributed by atoms with van der Waals surface area (Å²) in [6.45, 7) is 2.30. The Morgan fingerprint density at radius 3 is 2.84 bits per heavy atom. The number of nitrogens with zero attached hydrogens (tertiary/aromatic N) is 5. The number of likely N-dealkylation sites (tertiary alicyclic amines) is 1. The molecule has 1 saturated carbocycles. The Morgan fingerprint density at radius 2 is 2.08 bits per heavy atom. The van der Waals surface area contributed by atoms with Crippen molar-refractivity contribution in [1.82, 2.24) is 30.0 Å². The van der Waals surface area contributed by atoms with Crippen molar-refractivity contribution in [1.29, 1.82) is 0 Å². The maximum absolute atomic E-state index is 12.5.